The van der Waals surface area contributed by atoms with Crippen molar-refractivity contribution in [3.05, 3.63) is 18.2 Å². The number of aromatic nitrogens is 2. The topological polar surface area (TPSA) is 58.2 Å². The molecule has 1 aromatic heterocycles. The molecule has 1 aliphatic heterocycles. The van der Waals surface area contributed by atoms with Crippen molar-refractivity contribution in [2.24, 2.45) is 0 Å². The van der Waals surface area contributed by atoms with Crippen molar-refractivity contribution in [2.45, 2.75) is 39.0 Å². The summed E-state index contributed by atoms with van der Waals surface area (Å²) in [7, 11) is 0. The van der Waals surface area contributed by atoms with Crippen LogP contribution in [-0.2, 0) is 4.74 Å². The maximum Gasteiger partial charge on any atom is 0.411 e. The van der Waals surface area contributed by atoms with Crippen LogP contribution in [0.15, 0.2) is 12.4 Å². The molecule has 1 fully saturated rings. The van der Waals surface area contributed by atoms with Crippen LogP contribution in [0.2, 0.25) is 0 Å². The van der Waals surface area contributed by atoms with Gasteiger partial charge in [-0.1, -0.05) is 0 Å². The van der Waals surface area contributed by atoms with Gasteiger partial charge in [0.1, 0.15) is 5.82 Å². The van der Waals surface area contributed by atoms with Gasteiger partial charge in [0, 0.05) is 18.4 Å². The van der Waals surface area contributed by atoms with E-state index in [1.807, 2.05) is 20.8 Å². The molecule has 2 rings (SSSR count). The molecule has 0 spiro atoms. The van der Waals surface area contributed by atoms with E-state index in [9.17, 15) is 4.79 Å². The van der Waals surface area contributed by atoms with Gasteiger partial charge in [-0.3, -0.25) is 4.90 Å². The van der Waals surface area contributed by atoms with Gasteiger partial charge in [0.25, 0.3) is 0 Å². The molecule has 82 valence electrons. The van der Waals surface area contributed by atoms with E-state index >= 15 is 0 Å². The van der Waals surface area contributed by atoms with Crippen LogP contribution >= 0.6 is 0 Å². The second-order valence-corrected chi connectivity index (χ2v) is 4.02. The maximum atomic E-state index is 11.6. The third-order valence-electron chi connectivity index (χ3n) is 2.66. The fourth-order valence-electron chi connectivity index (χ4n) is 1.98. The largest absolute Gasteiger partial charge is 0.436 e. The SMILES string of the molecule is CC(C)N1C(=O)O[C@H](c2ncc[nH]2)[C@@H]1C. The molecule has 0 saturated carbocycles. The highest BCUT2D eigenvalue weighted by Gasteiger charge is 2.42. The third kappa shape index (κ3) is 1.58. The monoisotopic (exact) mass is 209 g/mol. The Hall–Kier alpha value is -1.52. The molecule has 2 atom stereocenters. The molecule has 0 unspecified atom stereocenters. The number of H-pyrrole nitrogens is 1. The Bertz CT molecular complexity index is 348. The lowest BCUT2D eigenvalue weighted by atomic mass is 10.1. The van der Waals surface area contributed by atoms with Gasteiger partial charge in [-0.2, -0.15) is 0 Å². The number of aromatic amines is 1. The van der Waals surface area contributed by atoms with E-state index in [0.29, 0.717) is 5.82 Å². The molecule has 0 aliphatic carbocycles. The molecule has 1 aromatic rings. The van der Waals surface area contributed by atoms with Gasteiger partial charge in [-0.05, 0) is 20.8 Å². The van der Waals surface area contributed by atoms with Crippen molar-refractivity contribution in [3.63, 3.8) is 0 Å². The fourth-order valence-corrected chi connectivity index (χ4v) is 1.98. The summed E-state index contributed by atoms with van der Waals surface area (Å²) in [6, 6.07) is 0.163. The molecular formula is C10H15N3O2. The first-order chi connectivity index (χ1) is 7.11. The highest BCUT2D eigenvalue weighted by atomic mass is 16.6. The zero-order valence-electron chi connectivity index (χ0n) is 9.10. The van der Waals surface area contributed by atoms with Crippen molar-refractivity contribution in [3.8, 4) is 0 Å². The molecule has 5 nitrogen and oxygen atoms in total. The minimum absolute atomic E-state index is 0.0173. The number of nitrogens with zero attached hydrogens (tertiary/aromatic N) is 2. The molecular weight excluding hydrogens is 194 g/mol. The first-order valence-electron chi connectivity index (χ1n) is 5.09. The summed E-state index contributed by atoms with van der Waals surface area (Å²) in [6.07, 6.45) is 2.84. The zero-order chi connectivity index (χ0) is 11.0. The summed E-state index contributed by atoms with van der Waals surface area (Å²) in [5, 5.41) is 0. The van der Waals surface area contributed by atoms with Crippen LogP contribution in [0.1, 0.15) is 32.7 Å². The summed E-state index contributed by atoms with van der Waals surface area (Å²) in [4.78, 5) is 20.4. The van der Waals surface area contributed by atoms with Crippen LogP contribution in [0.4, 0.5) is 4.79 Å². The van der Waals surface area contributed by atoms with Gasteiger partial charge >= 0.3 is 6.09 Å². The average Bonchev–Trinajstić information content (AvgIpc) is 2.72. The van der Waals surface area contributed by atoms with Crippen molar-refractivity contribution in [2.75, 3.05) is 0 Å². The van der Waals surface area contributed by atoms with Gasteiger partial charge in [0.2, 0.25) is 0 Å². The number of hydrogen-bond donors (Lipinski definition) is 1. The summed E-state index contributed by atoms with van der Waals surface area (Å²) in [5.41, 5.74) is 0. The van der Waals surface area contributed by atoms with Gasteiger partial charge in [-0.25, -0.2) is 9.78 Å². The van der Waals surface area contributed by atoms with E-state index < -0.39 is 0 Å². The minimum Gasteiger partial charge on any atom is -0.436 e. The lowest BCUT2D eigenvalue weighted by Crippen LogP contribution is -2.37. The second-order valence-electron chi connectivity index (χ2n) is 4.02. The van der Waals surface area contributed by atoms with Gasteiger partial charge < -0.3 is 9.72 Å². The molecule has 1 aliphatic rings. The molecule has 0 aromatic carbocycles. The summed E-state index contributed by atoms with van der Waals surface area (Å²) >= 11 is 0. The second kappa shape index (κ2) is 3.56. The number of rotatable bonds is 2. The van der Waals surface area contributed by atoms with Crippen LogP contribution in [0, 0.1) is 0 Å². The Kier molecular flexibility index (Phi) is 2.38. The van der Waals surface area contributed by atoms with Crippen molar-refractivity contribution in [1.29, 1.82) is 0 Å². The van der Waals surface area contributed by atoms with E-state index in [-0.39, 0.29) is 24.3 Å². The Morgan fingerprint density at radius 3 is 2.80 bits per heavy atom. The van der Waals surface area contributed by atoms with E-state index in [1.165, 1.54) is 0 Å². The quantitative estimate of drug-likeness (QED) is 0.806. The third-order valence-corrected chi connectivity index (χ3v) is 2.66. The number of carbonyl (C=O) groups is 1. The van der Waals surface area contributed by atoms with Crippen LogP contribution in [0.25, 0.3) is 0 Å². The first-order valence-corrected chi connectivity index (χ1v) is 5.09. The van der Waals surface area contributed by atoms with E-state index in [2.05, 4.69) is 9.97 Å². The summed E-state index contributed by atoms with van der Waals surface area (Å²) in [5.74, 6) is 0.707. The van der Waals surface area contributed by atoms with Crippen LogP contribution in [-0.4, -0.2) is 33.0 Å². The minimum atomic E-state index is -0.283. The normalized spacial score (nSPS) is 26.1. The Labute approximate surface area is 88.4 Å². The number of amides is 1. The Balaban J connectivity index is 2.22. The molecule has 0 radical (unpaired) electrons. The fraction of sp³-hybridized carbons (Fsp3) is 0.600. The molecule has 1 saturated heterocycles. The molecule has 2 heterocycles. The maximum absolute atomic E-state index is 11.6. The molecule has 5 heteroatoms. The number of hydrogen-bond acceptors (Lipinski definition) is 3. The van der Waals surface area contributed by atoms with E-state index in [0.717, 1.165) is 0 Å². The highest BCUT2D eigenvalue weighted by Crippen LogP contribution is 2.31. The van der Waals surface area contributed by atoms with Crippen LogP contribution < -0.4 is 0 Å². The lowest BCUT2D eigenvalue weighted by Gasteiger charge is -2.23. The average molecular weight is 209 g/mol. The molecule has 0 bridgehead atoms. The first kappa shape index (κ1) is 10.0. The predicted octanol–water partition coefficient (Wildman–Crippen LogP) is 1.70. The number of carbonyl (C=O) groups excluding carboxylic acids is 1. The number of cyclic esters (lactones) is 1. The van der Waals surface area contributed by atoms with Crippen molar-refractivity contribution >= 4 is 6.09 Å². The predicted molar refractivity (Wildman–Crippen MR) is 54.2 cm³/mol. The van der Waals surface area contributed by atoms with Crippen LogP contribution in [0.3, 0.4) is 0 Å². The Morgan fingerprint density at radius 1 is 1.60 bits per heavy atom. The van der Waals surface area contributed by atoms with E-state index in [4.69, 9.17) is 4.74 Å². The van der Waals surface area contributed by atoms with Gasteiger partial charge in [0.05, 0.1) is 6.04 Å². The lowest BCUT2D eigenvalue weighted by molar-refractivity contribution is 0.125. The van der Waals surface area contributed by atoms with Crippen molar-refractivity contribution < 1.29 is 9.53 Å². The summed E-state index contributed by atoms with van der Waals surface area (Å²) in [6.45, 7) is 5.92. The Morgan fingerprint density at radius 2 is 2.33 bits per heavy atom. The molecule has 1 amide bonds. The number of nitrogens with one attached hydrogen (secondary N) is 1. The zero-order valence-corrected chi connectivity index (χ0v) is 9.10. The highest BCUT2D eigenvalue weighted by molar-refractivity contribution is 5.71. The van der Waals surface area contributed by atoms with Gasteiger partial charge in [-0.15, -0.1) is 0 Å². The standard InChI is InChI=1S/C10H15N3O2/c1-6(2)13-7(3)8(15-10(13)14)9-11-4-5-12-9/h4-8H,1-3H3,(H,11,12)/t7-,8-/m0/s1. The van der Waals surface area contributed by atoms with Gasteiger partial charge in [0.15, 0.2) is 6.10 Å². The van der Waals surface area contributed by atoms with Crippen molar-refractivity contribution in [1.82, 2.24) is 14.9 Å². The number of imidazole rings is 1. The van der Waals surface area contributed by atoms with Crippen LogP contribution in [0.5, 0.6) is 0 Å². The number of ether oxygens (including phenoxy) is 1. The van der Waals surface area contributed by atoms with E-state index in [1.54, 1.807) is 17.3 Å². The molecule has 15 heavy (non-hydrogen) atoms. The smallest absolute Gasteiger partial charge is 0.411 e. The summed E-state index contributed by atoms with van der Waals surface area (Å²) < 4.78 is 5.29. The molecule has 1 N–H and O–H groups in total.